The molecule has 0 spiro atoms. The molecule has 1 heterocycles. The van der Waals surface area contributed by atoms with E-state index in [0.717, 1.165) is 23.3 Å². The van der Waals surface area contributed by atoms with Gasteiger partial charge in [-0.1, -0.05) is 25.1 Å². The Morgan fingerprint density at radius 2 is 2.06 bits per heavy atom. The van der Waals surface area contributed by atoms with E-state index in [-0.39, 0.29) is 0 Å². The summed E-state index contributed by atoms with van der Waals surface area (Å²) >= 11 is 1.23. The zero-order valence-electron chi connectivity index (χ0n) is 10.1. The minimum absolute atomic E-state index is 0.350. The maximum Gasteiger partial charge on any atom is 0.346 e. The van der Waals surface area contributed by atoms with Crippen molar-refractivity contribution in [2.75, 3.05) is 6.61 Å². The number of carboxylic acid groups (broad SMARTS) is 1. The molecule has 0 atom stereocenters. The summed E-state index contributed by atoms with van der Waals surface area (Å²) in [6.45, 7) is 2.67. The zero-order chi connectivity index (χ0) is 13.0. The van der Waals surface area contributed by atoms with Crippen molar-refractivity contribution >= 4 is 17.3 Å². The van der Waals surface area contributed by atoms with Gasteiger partial charge < -0.3 is 9.84 Å². The first-order valence-electron chi connectivity index (χ1n) is 5.77. The van der Waals surface area contributed by atoms with Crippen LogP contribution in [0.4, 0.5) is 0 Å². The molecule has 0 saturated heterocycles. The molecule has 1 N–H and O–H groups in total. The van der Waals surface area contributed by atoms with E-state index in [1.165, 1.54) is 11.3 Å². The van der Waals surface area contributed by atoms with Crippen LogP contribution in [0.1, 0.15) is 23.0 Å². The summed E-state index contributed by atoms with van der Waals surface area (Å²) in [6.07, 6.45) is 0.920. The molecule has 1 aromatic carbocycles. The van der Waals surface area contributed by atoms with Crippen LogP contribution in [0.2, 0.25) is 0 Å². The van der Waals surface area contributed by atoms with Gasteiger partial charge in [0.25, 0.3) is 0 Å². The lowest BCUT2D eigenvalue weighted by atomic mass is 10.1. The Kier molecular flexibility index (Phi) is 3.99. The minimum Gasteiger partial charge on any atom is -0.493 e. The lowest BCUT2D eigenvalue weighted by Gasteiger charge is -2.10. The van der Waals surface area contributed by atoms with Crippen LogP contribution in [0.5, 0.6) is 5.75 Å². The van der Waals surface area contributed by atoms with Crippen molar-refractivity contribution in [2.45, 2.75) is 13.3 Å². The molecule has 0 unspecified atom stereocenters. The van der Waals surface area contributed by atoms with Crippen LogP contribution in [0, 0.1) is 0 Å². The van der Waals surface area contributed by atoms with Gasteiger partial charge >= 0.3 is 5.97 Å². The second kappa shape index (κ2) is 5.69. The fraction of sp³-hybridized carbons (Fsp3) is 0.214. The quantitative estimate of drug-likeness (QED) is 0.888. The van der Waals surface area contributed by atoms with E-state index in [1.807, 2.05) is 37.3 Å². The first kappa shape index (κ1) is 12.6. The third kappa shape index (κ3) is 2.54. The monoisotopic (exact) mass is 262 g/mol. The molecule has 0 amide bonds. The number of para-hydroxylation sites is 1. The molecule has 0 saturated carbocycles. The number of benzene rings is 1. The van der Waals surface area contributed by atoms with Crippen LogP contribution in [0.15, 0.2) is 35.7 Å². The first-order valence-corrected chi connectivity index (χ1v) is 6.65. The van der Waals surface area contributed by atoms with Gasteiger partial charge in [-0.25, -0.2) is 4.79 Å². The number of aromatic carboxylic acids is 1. The minimum atomic E-state index is -0.898. The maximum atomic E-state index is 11.2. The summed E-state index contributed by atoms with van der Waals surface area (Å²) < 4.78 is 5.66. The molecule has 0 aliphatic rings. The Hall–Kier alpha value is -1.81. The summed E-state index contributed by atoms with van der Waals surface area (Å²) in [6, 6.07) is 9.36. The SMILES string of the molecule is CCCOc1ccccc1-c1ccsc1C(=O)O. The Morgan fingerprint density at radius 3 is 2.78 bits per heavy atom. The van der Waals surface area contributed by atoms with Crippen molar-refractivity contribution in [1.82, 2.24) is 0 Å². The standard InChI is InChI=1S/C14H14O3S/c1-2-8-17-12-6-4-3-5-10(12)11-7-9-18-13(11)14(15)16/h3-7,9H,2,8H2,1H3,(H,15,16). The van der Waals surface area contributed by atoms with Gasteiger partial charge in [0, 0.05) is 11.1 Å². The summed E-state index contributed by atoms with van der Waals surface area (Å²) in [5, 5.41) is 10.9. The van der Waals surface area contributed by atoms with Crippen molar-refractivity contribution in [3.05, 3.63) is 40.6 Å². The molecule has 2 aromatic rings. The lowest BCUT2D eigenvalue weighted by Crippen LogP contribution is -1.99. The molecule has 0 bridgehead atoms. The van der Waals surface area contributed by atoms with Crippen molar-refractivity contribution in [3.63, 3.8) is 0 Å². The number of thiophene rings is 1. The Morgan fingerprint density at radius 1 is 1.28 bits per heavy atom. The van der Waals surface area contributed by atoms with E-state index in [9.17, 15) is 4.79 Å². The van der Waals surface area contributed by atoms with E-state index in [2.05, 4.69) is 0 Å². The summed E-state index contributed by atoms with van der Waals surface area (Å²) in [5.41, 5.74) is 1.56. The molecule has 0 fully saturated rings. The first-order chi connectivity index (χ1) is 8.74. The molecule has 1 aromatic heterocycles. The van der Waals surface area contributed by atoms with E-state index in [1.54, 1.807) is 5.38 Å². The van der Waals surface area contributed by atoms with E-state index >= 15 is 0 Å². The van der Waals surface area contributed by atoms with Crippen molar-refractivity contribution in [1.29, 1.82) is 0 Å². The number of hydrogen-bond donors (Lipinski definition) is 1. The largest absolute Gasteiger partial charge is 0.493 e. The van der Waals surface area contributed by atoms with Gasteiger partial charge in [-0.15, -0.1) is 11.3 Å². The predicted molar refractivity (Wildman–Crippen MR) is 72.5 cm³/mol. The molecule has 0 aliphatic heterocycles. The number of carboxylic acids is 1. The smallest absolute Gasteiger partial charge is 0.346 e. The molecule has 0 aliphatic carbocycles. The molecular formula is C14H14O3S. The fourth-order valence-electron chi connectivity index (χ4n) is 1.71. The van der Waals surface area contributed by atoms with Crippen LogP contribution in [-0.2, 0) is 0 Å². The molecule has 3 nitrogen and oxygen atoms in total. The predicted octanol–water partition coefficient (Wildman–Crippen LogP) is 3.90. The Labute approximate surface area is 110 Å². The highest BCUT2D eigenvalue weighted by Gasteiger charge is 2.16. The number of carbonyl (C=O) groups is 1. The van der Waals surface area contributed by atoms with Crippen molar-refractivity contribution in [2.24, 2.45) is 0 Å². The van der Waals surface area contributed by atoms with Gasteiger partial charge in [0.2, 0.25) is 0 Å². The zero-order valence-corrected chi connectivity index (χ0v) is 10.9. The summed E-state index contributed by atoms with van der Waals surface area (Å²) in [7, 11) is 0. The highest BCUT2D eigenvalue weighted by atomic mass is 32.1. The second-order valence-electron chi connectivity index (χ2n) is 3.81. The van der Waals surface area contributed by atoms with Gasteiger partial charge in [0.05, 0.1) is 6.61 Å². The van der Waals surface area contributed by atoms with E-state index in [4.69, 9.17) is 9.84 Å². The maximum absolute atomic E-state index is 11.2. The third-order valence-electron chi connectivity index (χ3n) is 2.50. The highest BCUT2D eigenvalue weighted by molar-refractivity contribution is 7.12. The van der Waals surface area contributed by atoms with E-state index < -0.39 is 5.97 Å². The van der Waals surface area contributed by atoms with Gasteiger partial charge in [0.15, 0.2) is 0 Å². The van der Waals surface area contributed by atoms with Gasteiger partial charge in [0.1, 0.15) is 10.6 Å². The molecule has 94 valence electrons. The molecule has 18 heavy (non-hydrogen) atoms. The fourth-order valence-corrected chi connectivity index (χ4v) is 2.46. The van der Waals surface area contributed by atoms with Crippen molar-refractivity contribution < 1.29 is 14.6 Å². The summed E-state index contributed by atoms with van der Waals surface area (Å²) in [4.78, 5) is 11.5. The van der Waals surface area contributed by atoms with Gasteiger partial charge in [-0.2, -0.15) is 0 Å². The molecule has 2 rings (SSSR count). The van der Waals surface area contributed by atoms with Crippen LogP contribution in [-0.4, -0.2) is 17.7 Å². The molecular weight excluding hydrogens is 248 g/mol. The number of rotatable bonds is 5. The van der Waals surface area contributed by atoms with Crippen LogP contribution < -0.4 is 4.74 Å². The topological polar surface area (TPSA) is 46.5 Å². The average molecular weight is 262 g/mol. The van der Waals surface area contributed by atoms with Gasteiger partial charge in [-0.3, -0.25) is 0 Å². The summed E-state index contributed by atoms with van der Waals surface area (Å²) in [5.74, 6) is -0.162. The Bertz CT molecular complexity index is 545. The average Bonchev–Trinajstić information content (AvgIpc) is 2.86. The lowest BCUT2D eigenvalue weighted by molar-refractivity contribution is 0.0703. The van der Waals surface area contributed by atoms with Crippen LogP contribution in [0.3, 0.4) is 0 Å². The molecule has 0 radical (unpaired) electrons. The number of ether oxygens (including phenoxy) is 1. The number of hydrogen-bond acceptors (Lipinski definition) is 3. The Balaban J connectivity index is 2.43. The highest BCUT2D eigenvalue weighted by Crippen LogP contribution is 2.35. The normalized spacial score (nSPS) is 10.3. The van der Waals surface area contributed by atoms with Crippen molar-refractivity contribution in [3.8, 4) is 16.9 Å². The van der Waals surface area contributed by atoms with Crippen LogP contribution >= 0.6 is 11.3 Å². The van der Waals surface area contributed by atoms with Crippen LogP contribution in [0.25, 0.3) is 11.1 Å². The molecule has 4 heteroatoms. The third-order valence-corrected chi connectivity index (χ3v) is 3.40. The van der Waals surface area contributed by atoms with Gasteiger partial charge in [-0.05, 0) is 23.9 Å². The second-order valence-corrected chi connectivity index (χ2v) is 4.73. The van der Waals surface area contributed by atoms with E-state index in [0.29, 0.717) is 11.5 Å².